The van der Waals surface area contributed by atoms with Crippen LogP contribution in [-0.4, -0.2) is 6.21 Å². The number of alkyl halides is 2. The van der Waals surface area contributed by atoms with Crippen LogP contribution in [0.5, 0.6) is 0 Å². The van der Waals surface area contributed by atoms with E-state index < -0.39 is 6.43 Å². The number of halogens is 2. The highest BCUT2D eigenvalue weighted by Crippen LogP contribution is 2.18. The van der Waals surface area contributed by atoms with E-state index in [0.29, 0.717) is 11.1 Å². The molecule has 2 aromatic rings. The van der Waals surface area contributed by atoms with Crippen molar-refractivity contribution in [2.24, 2.45) is 5.16 Å². The molecule has 106 valence electrons. The molecule has 21 heavy (non-hydrogen) atoms. The average Bonchev–Trinajstić information content (AvgIpc) is 2.52. The predicted octanol–water partition coefficient (Wildman–Crippen LogP) is 4.05. The van der Waals surface area contributed by atoms with Gasteiger partial charge < -0.3 is 4.84 Å². The third-order valence-electron chi connectivity index (χ3n) is 2.78. The van der Waals surface area contributed by atoms with Crippen molar-refractivity contribution >= 4 is 6.21 Å². The molecule has 0 unspecified atom stereocenters. The zero-order valence-electron chi connectivity index (χ0n) is 11.0. The lowest BCUT2D eigenvalue weighted by Gasteiger charge is -2.01. The van der Waals surface area contributed by atoms with Gasteiger partial charge in [-0.25, -0.2) is 8.78 Å². The van der Waals surface area contributed by atoms with Crippen molar-refractivity contribution in [3.63, 3.8) is 0 Å². The minimum absolute atomic E-state index is 0.0225. The summed E-state index contributed by atoms with van der Waals surface area (Å²) in [5, 5.41) is 12.4. The van der Waals surface area contributed by atoms with Gasteiger partial charge in [0.05, 0.1) is 17.8 Å². The molecular weight excluding hydrogens is 274 g/mol. The topological polar surface area (TPSA) is 45.4 Å². The Balaban J connectivity index is 1.86. The molecule has 0 radical (unpaired) electrons. The molecule has 0 fully saturated rings. The van der Waals surface area contributed by atoms with Gasteiger partial charge in [0.2, 0.25) is 0 Å². The first-order chi connectivity index (χ1) is 10.2. The Labute approximate surface area is 121 Å². The monoisotopic (exact) mass is 286 g/mol. The number of benzene rings is 2. The van der Waals surface area contributed by atoms with E-state index in [9.17, 15) is 8.78 Å². The minimum atomic E-state index is -2.47. The fourth-order valence-electron chi connectivity index (χ4n) is 1.61. The minimum Gasteiger partial charge on any atom is -0.391 e. The zero-order valence-corrected chi connectivity index (χ0v) is 11.0. The van der Waals surface area contributed by atoms with E-state index in [1.807, 2.05) is 6.07 Å². The molecule has 0 aliphatic carbocycles. The van der Waals surface area contributed by atoms with Gasteiger partial charge in [-0.2, -0.15) is 5.26 Å². The van der Waals surface area contributed by atoms with E-state index in [0.717, 1.165) is 5.56 Å². The van der Waals surface area contributed by atoms with Crippen LogP contribution in [0.25, 0.3) is 0 Å². The Morgan fingerprint density at radius 1 is 1.10 bits per heavy atom. The summed E-state index contributed by atoms with van der Waals surface area (Å²) in [6.45, 7) is 0.275. The molecule has 2 aromatic carbocycles. The molecule has 2 rings (SSSR count). The van der Waals surface area contributed by atoms with Crippen LogP contribution in [0.4, 0.5) is 8.78 Å². The third kappa shape index (κ3) is 4.39. The van der Waals surface area contributed by atoms with Gasteiger partial charge in [-0.1, -0.05) is 41.6 Å². The molecule has 0 saturated heterocycles. The quantitative estimate of drug-likeness (QED) is 0.615. The summed E-state index contributed by atoms with van der Waals surface area (Å²) < 4.78 is 24.7. The fourth-order valence-corrected chi connectivity index (χ4v) is 1.61. The largest absolute Gasteiger partial charge is 0.391 e. The van der Waals surface area contributed by atoms with Crippen LogP contribution >= 0.6 is 0 Å². The van der Waals surface area contributed by atoms with Crippen LogP contribution in [0.2, 0.25) is 0 Å². The van der Waals surface area contributed by atoms with E-state index in [2.05, 4.69) is 5.16 Å². The van der Waals surface area contributed by atoms with Crippen LogP contribution in [0.15, 0.2) is 53.7 Å². The number of hydrogen-bond donors (Lipinski definition) is 0. The van der Waals surface area contributed by atoms with Gasteiger partial charge in [-0.15, -0.1) is 0 Å². The second-order valence-corrected chi connectivity index (χ2v) is 4.28. The second-order valence-electron chi connectivity index (χ2n) is 4.28. The van der Waals surface area contributed by atoms with Crippen LogP contribution < -0.4 is 0 Å². The van der Waals surface area contributed by atoms with Gasteiger partial charge >= 0.3 is 0 Å². The molecule has 3 nitrogen and oxygen atoms in total. The van der Waals surface area contributed by atoms with Gasteiger partial charge in [-0.3, -0.25) is 0 Å². The van der Waals surface area contributed by atoms with Crippen molar-refractivity contribution in [1.29, 1.82) is 5.26 Å². The molecular formula is C16H12F2N2O. The number of nitriles is 1. The summed E-state index contributed by atoms with van der Waals surface area (Å²) >= 11 is 0. The highest BCUT2D eigenvalue weighted by atomic mass is 19.3. The lowest BCUT2D eigenvalue weighted by molar-refractivity contribution is 0.132. The molecule has 0 bridgehead atoms. The molecule has 0 spiro atoms. The number of oxime groups is 1. The van der Waals surface area contributed by atoms with Crippen LogP contribution in [0.1, 0.15) is 28.7 Å². The summed E-state index contributed by atoms with van der Waals surface area (Å²) in [5.74, 6) is 0. The fraction of sp³-hybridized carbons (Fsp3) is 0.125. The standard InChI is InChI=1S/C16H12F2N2O/c17-16(18)15-7-5-13(6-8-15)10-20-21-11-14-3-1-12(9-19)2-4-14/h1-8,10,16H,11H2. The summed E-state index contributed by atoms with van der Waals surface area (Å²) in [5.41, 5.74) is 2.13. The van der Waals surface area contributed by atoms with Crippen molar-refractivity contribution in [1.82, 2.24) is 0 Å². The highest BCUT2D eigenvalue weighted by Gasteiger charge is 2.04. The molecule has 0 heterocycles. The van der Waals surface area contributed by atoms with Crippen molar-refractivity contribution in [3.05, 3.63) is 70.8 Å². The molecule has 0 amide bonds. The predicted molar refractivity (Wildman–Crippen MR) is 74.9 cm³/mol. The highest BCUT2D eigenvalue weighted by molar-refractivity contribution is 5.79. The first kappa shape index (κ1) is 14.7. The van der Waals surface area contributed by atoms with E-state index in [1.165, 1.54) is 18.3 Å². The summed E-state index contributed by atoms with van der Waals surface area (Å²) in [6, 6.07) is 14.8. The maximum absolute atomic E-state index is 12.4. The third-order valence-corrected chi connectivity index (χ3v) is 2.78. The number of nitrogens with zero attached hydrogens (tertiary/aromatic N) is 2. The Morgan fingerprint density at radius 2 is 1.76 bits per heavy atom. The van der Waals surface area contributed by atoms with E-state index >= 15 is 0 Å². The molecule has 0 N–H and O–H groups in total. The van der Waals surface area contributed by atoms with E-state index in [1.54, 1.807) is 36.4 Å². The molecule has 0 aliphatic rings. The van der Waals surface area contributed by atoms with Crippen molar-refractivity contribution in [3.8, 4) is 6.07 Å². The van der Waals surface area contributed by atoms with Crippen molar-refractivity contribution < 1.29 is 13.6 Å². The van der Waals surface area contributed by atoms with Gasteiger partial charge in [0.25, 0.3) is 6.43 Å². The first-order valence-electron chi connectivity index (χ1n) is 6.21. The van der Waals surface area contributed by atoms with Gasteiger partial charge in [0, 0.05) is 5.56 Å². The van der Waals surface area contributed by atoms with Crippen molar-refractivity contribution in [2.45, 2.75) is 13.0 Å². The van der Waals surface area contributed by atoms with Crippen LogP contribution in [-0.2, 0) is 11.4 Å². The second kappa shape index (κ2) is 7.15. The summed E-state index contributed by atoms with van der Waals surface area (Å²) in [6.07, 6.45) is -1.01. The number of rotatable bonds is 5. The smallest absolute Gasteiger partial charge is 0.263 e. The Kier molecular flexibility index (Phi) is 4.99. The SMILES string of the molecule is N#Cc1ccc(CON=Cc2ccc(C(F)F)cc2)cc1. The molecule has 0 saturated carbocycles. The Hall–Kier alpha value is -2.74. The van der Waals surface area contributed by atoms with E-state index in [-0.39, 0.29) is 12.2 Å². The Morgan fingerprint density at radius 3 is 2.33 bits per heavy atom. The lowest BCUT2D eigenvalue weighted by Crippen LogP contribution is -1.89. The zero-order chi connectivity index (χ0) is 15.1. The van der Waals surface area contributed by atoms with Gasteiger partial charge in [0.1, 0.15) is 6.61 Å². The first-order valence-corrected chi connectivity index (χ1v) is 6.21. The van der Waals surface area contributed by atoms with Crippen LogP contribution in [0, 0.1) is 11.3 Å². The van der Waals surface area contributed by atoms with Crippen molar-refractivity contribution in [2.75, 3.05) is 0 Å². The maximum atomic E-state index is 12.4. The summed E-state index contributed by atoms with van der Waals surface area (Å²) in [7, 11) is 0. The molecule has 0 atom stereocenters. The van der Waals surface area contributed by atoms with Gasteiger partial charge in [0.15, 0.2) is 0 Å². The van der Waals surface area contributed by atoms with Gasteiger partial charge in [-0.05, 0) is 23.3 Å². The lowest BCUT2D eigenvalue weighted by atomic mass is 10.1. The Bertz CT molecular complexity index is 643. The normalized spacial score (nSPS) is 10.8. The summed E-state index contributed by atoms with van der Waals surface area (Å²) in [4.78, 5) is 5.11. The maximum Gasteiger partial charge on any atom is 0.263 e. The van der Waals surface area contributed by atoms with Crippen LogP contribution in [0.3, 0.4) is 0 Å². The molecule has 5 heteroatoms. The van der Waals surface area contributed by atoms with E-state index in [4.69, 9.17) is 10.1 Å². The number of hydrogen-bond acceptors (Lipinski definition) is 3. The average molecular weight is 286 g/mol. The molecule has 0 aromatic heterocycles. The molecule has 0 aliphatic heterocycles.